The van der Waals surface area contributed by atoms with E-state index in [0.29, 0.717) is 0 Å². The first kappa shape index (κ1) is 20.3. The van der Waals surface area contributed by atoms with Crippen LogP contribution >= 0.6 is 31.9 Å². The molecule has 0 radical (unpaired) electrons. The Hall–Kier alpha value is -1.64. The molecule has 0 fully saturated rings. The third-order valence-electron chi connectivity index (χ3n) is 6.44. The number of hydrogen-bond acceptors (Lipinski definition) is 0. The van der Waals surface area contributed by atoms with Crippen LogP contribution in [0.2, 0.25) is 0 Å². The van der Waals surface area contributed by atoms with Gasteiger partial charge in [-0.05, 0) is 101 Å². The molecular formula is C28H26Br2. The van der Waals surface area contributed by atoms with Crippen molar-refractivity contribution in [3.05, 3.63) is 68.6 Å². The Bertz CT molecular complexity index is 1350. The van der Waals surface area contributed by atoms with Gasteiger partial charge in [0.1, 0.15) is 0 Å². The van der Waals surface area contributed by atoms with Gasteiger partial charge in [-0.1, -0.05) is 85.5 Å². The van der Waals surface area contributed by atoms with E-state index in [1.54, 1.807) is 0 Å². The van der Waals surface area contributed by atoms with E-state index in [1.807, 2.05) is 0 Å². The van der Waals surface area contributed by atoms with E-state index in [1.165, 1.54) is 54.2 Å². The largest absolute Gasteiger partial charge is 0.0561 e. The topological polar surface area (TPSA) is 0 Å². The minimum absolute atomic E-state index is 0.0883. The lowest BCUT2D eigenvalue weighted by molar-refractivity contribution is 0.591. The summed E-state index contributed by atoms with van der Waals surface area (Å²) in [4.78, 5) is 0. The molecular weight excluding hydrogens is 496 g/mol. The summed E-state index contributed by atoms with van der Waals surface area (Å²) in [5, 5.41) is 10.7. The summed E-state index contributed by atoms with van der Waals surface area (Å²) in [5.41, 5.74) is 2.91. The van der Waals surface area contributed by atoms with Crippen molar-refractivity contribution in [3.63, 3.8) is 0 Å². The molecule has 30 heavy (non-hydrogen) atoms. The van der Waals surface area contributed by atoms with Crippen molar-refractivity contribution in [2.75, 3.05) is 0 Å². The fourth-order valence-electron chi connectivity index (χ4n) is 4.64. The molecule has 0 unspecified atom stereocenters. The third kappa shape index (κ3) is 2.91. The van der Waals surface area contributed by atoms with Crippen LogP contribution in [0.25, 0.3) is 43.1 Å². The molecule has 0 bridgehead atoms. The first-order chi connectivity index (χ1) is 14.0. The molecule has 5 aromatic rings. The standard InChI is InChI=1S/C28H26Br2/c1-27(2,3)15-11-19-17-7-10-24(30)22-14-16(28(4,5)6)12-20(26(17)22)18-8-9-23(29)21(13-15)25(18)19/h7-14H,1-6H3. The number of halogens is 2. The molecule has 0 nitrogen and oxygen atoms in total. The summed E-state index contributed by atoms with van der Waals surface area (Å²) in [6, 6.07) is 18.6. The van der Waals surface area contributed by atoms with Crippen LogP contribution < -0.4 is 0 Å². The molecule has 2 heteroatoms. The zero-order valence-corrected chi connectivity index (χ0v) is 21.5. The number of hydrogen-bond donors (Lipinski definition) is 0. The van der Waals surface area contributed by atoms with Gasteiger partial charge in [0.2, 0.25) is 0 Å². The highest BCUT2D eigenvalue weighted by Gasteiger charge is 2.22. The van der Waals surface area contributed by atoms with Gasteiger partial charge in [0.05, 0.1) is 0 Å². The van der Waals surface area contributed by atoms with Crippen LogP contribution in [-0.4, -0.2) is 0 Å². The van der Waals surface area contributed by atoms with Gasteiger partial charge in [0, 0.05) is 8.95 Å². The van der Waals surface area contributed by atoms with Crippen molar-refractivity contribution < 1.29 is 0 Å². The molecule has 0 heterocycles. The predicted octanol–water partition coefficient (Wildman–Crippen LogP) is 9.86. The Morgan fingerprint density at radius 2 is 0.800 bits per heavy atom. The van der Waals surface area contributed by atoms with Gasteiger partial charge in [-0.25, -0.2) is 0 Å². The van der Waals surface area contributed by atoms with Crippen LogP contribution in [0.1, 0.15) is 52.7 Å². The number of fused-ring (bicyclic) bond motifs is 2. The SMILES string of the molecule is CC(C)(C)c1cc2c(Br)ccc3c4cc(C(C)(C)C)cc5c(Br)ccc(c(c1)c23)c54. The number of rotatable bonds is 0. The predicted molar refractivity (Wildman–Crippen MR) is 140 cm³/mol. The summed E-state index contributed by atoms with van der Waals surface area (Å²) in [6.07, 6.45) is 0. The maximum atomic E-state index is 3.85. The van der Waals surface area contributed by atoms with Crippen LogP contribution in [0.4, 0.5) is 0 Å². The minimum atomic E-state index is 0.0883. The lowest BCUT2D eigenvalue weighted by Crippen LogP contribution is -2.11. The van der Waals surface area contributed by atoms with Crippen molar-refractivity contribution >= 4 is 74.9 Å². The van der Waals surface area contributed by atoms with Crippen LogP contribution in [0.3, 0.4) is 0 Å². The molecule has 5 aromatic carbocycles. The van der Waals surface area contributed by atoms with Crippen LogP contribution in [0.5, 0.6) is 0 Å². The van der Waals surface area contributed by atoms with E-state index < -0.39 is 0 Å². The van der Waals surface area contributed by atoms with Gasteiger partial charge in [-0.3, -0.25) is 0 Å². The summed E-state index contributed by atoms with van der Waals surface area (Å²) >= 11 is 7.69. The molecule has 0 saturated heterocycles. The fraction of sp³-hybridized carbons (Fsp3) is 0.286. The first-order valence-electron chi connectivity index (χ1n) is 10.5. The van der Waals surface area contributed by atoms with Gasteiger partial charge in [-0.2, -0.15) is 0 Å². The summed E-state index contributed by atoms with van der Waals surface area (Å²) in [5.74, 6) is 0. The van der Waals surface area contributed by atoms with Crippen molar-refractivity contribution in [2.45, 2.75) is 52.4 Å². The lowest BCUT2D eigenvalue weighted by Gasteiger charge is -2.25. The molecule has 0 aliphatic heterocycles. The molecule has 5 rings (SSSR count). The zero-order chi connectivity index (χ0) is 21.6. The second-order valence-electron chi connectivity index (χ2n) is 10.6. The van der Waals surface area contributed by atoms with E-state index in [-0.39, 0.29) is 10.8 Å². The average Bonchev–Trinajstić information content (AvgIpc) is 2.66. The highest BCUT2D eigenvalue weighted by molar-refractivity contribution is 9.11. The Morgan fingerprint density at radius 3 is 1.13 bits per heavy atom. The number of benzene rings is 5. The summed E-state index contributed by atoms with van der Waals surface area (Å²) in [7, 11) is 0. The Kier molecular flexibility index (Phi) is 4.35. The summed E-state index contributed by atoms with van der Waals surface area (Å²) < 4.78 is 2.33. The molecule has 0 amide bonds. The van der Waals surface area contributed by atoms with Gasteiger partial charge >= 0.3 is 0 Å². The summed E-state index contributed by atoms with van der Waals surface area (Å²) in [6.45, 7) is 13.8. The van der Waals surface area contributed by atoms with Crippen molar-refractivity contribution in [2.24, 2.45) is 0 Å². The van der Waals surface area contributed by atoms with Crippen molar-refractivity contribution in [1.82, 2.24) is 0 Å². The second kappa shape index (κ2) is 6.43. The highest BCUT2D eigenvalue weighted by atomic mass is 79.9. The zero-order valence-electron chi connectivity index (χ0n) is 18.4. The Balaban J connectivity index is 2.13. The maximum absolute atomic E-state index is 3.85. The van der Waals surface area contributed by atoms with E-state index >= 15 is 0 Å². The van der Waals surface area contributed by atoms with Crippen molar-refractivity contribution in [1.29, 1.82) is 0 Å². The Labute approximate surface area is 195 Å². The monoisotopic (exact) mass is 520 g/mol. The van der Waals surface area contributed by atoms with Crippen LogP contribution in [0, 0.1) is 0 Å². The fourth-order valence-corrected chi connectivity index (χ4v) is 5.53. The molecule has 0 atom stereocenters. The molecule has 0 aliphatic rings. The van der Waals surface area contributed by atoms with Gasteiger partial charge in [0.25, 0.3) is 0 Å². The molecule has 0 aliphatic carbocycles. The average molecular weight is 522 g/mol. The normalized spacial score (nSPS) is 13.3. The molecule has 0 aromatic heterocycles. The quantitative estimate of drug-likeness (QED) is 0.140. The van der Waals surface area contributed by atoms with Crippen molar-refractivity contribution in [3.8, 4) is 0 Å². The first-order valence-corrected chi connectivity index (χ1v) is 12.1. The van der Waals surface area contributed by atoms with Gasteiger partial charge in [0.15, 0.2) is 0 Å². The van der Waals surface area contributed by atoms with Gasteiger partial charge in [-0.15, -0.1) is 0 Å². The molecule has 0 saturated carbocycles. The molecule has 152 valence electrons. The third-order valence-corrected chi connectivity index (χ3v) is 7.82. The minimum Gasteiger partial charge on any atom is -0.0561 e. The van der Waals surface area contributed by atoms with E-state index in [0.717, 1.165) is 8.95 Å². The molecule has 0 spiro atoms. The lowest BCUT2D eigenvalue weighted by atomic mass is 9.80. The van der Waals surface area contributed by atoms with Crippen LogP contribution in [-0.2, 0) is 10.8 Å². The maximum Gasteiger partial charge on any atom is 0.0254 e. The molecule has 0 N–H and O–H groups in total. The van der Waals surface area contributed by atoms with E-state index in [9.17, 15) is 0 Å². The smallest absolute Gasteiger partial charge is 0.0254 e. The van der Waals surface area contributed by atoms with Crippen LogP contribution in [0.15, 0.2) is 57.5 Å². The highest BCUT2D eigenvalue weighted by Crippen LogP contribution is 2.46. The van der Waals surface area contributed by atoms with E-state index in [4.69, 9.17) is 0 Å². The van der Waals surface area contributed by atoms with Gasteiger partial charge < -0.3 is 0 Å². The Morgan fingerprint density at radius 1 is 0.467 bits per heavy atom. The van der Waals surface area contributed by atoms with E-state index in [2.05, 4.69) is 122 Å². The second-order valence-corrected chi connectivity index (χ2v) is 12.3.